The molecule has 1 saturated heterocycles. The number of hydrogen-bond acceptors (Lipinski definition) is 3. The van der Waals surface area contributed by atoms with Crippen LogP contribution in [-0.4, -0.2) is 31.9 Å². The molecule has 106 valence electrons. The fourth-order valence-electron chi connectivity index (χ4n) is 2.40. The van der Waals surface area contributed by atoms with E-state index in [0.29, 0.717) is 18.7 Å². The number of piperidine rings is 1. The van der Waals surface area contributed by atoms with Crippen LogP contribution in [0, 0.1) is 12.7 Å². The molecule has 1 aromatic carbocycles. The maximum atomic E-state index is 13.5. The molecule has 1 unspecified atom stereocenters. The van der Waals surface area contributed by atoms with Crippen LogP contribution in [0.25, 0.3) is 0 Å². The molecule has 1 aliphatic rings. The molecule has 1 aromatic rings. The number of hydrogen-bond donors (Lipinski definition) is 1. The average molecular weight is 286 g/mol. The molecule has 0 spiro atoms. The smallest absolute Gasteiger partial charge is 0.243 e. The molecule has 1 aliphatic heterocycles. The number of benzene rings is 1. The number of aryl methyl sites for hydroxylation is 1. The highest BCUT2D eigenvalue weighted by molar-refractivity contribution is 7.89. The second-order valence-corrected chi connectivity index (χ2v) is 6.80. The molecular weight excluding hydrogens is 267 g/mol. The van der Waals surface area contributed by atoms with Crippen molar-refractivity contribution in [3.63, 3.8) is 0 Å². The Labute approximate surface area is 113 Å². The highest BCUT2D eigenvalue weighted by Crippen LogP contribution is 2.25. The van der Waals surface area contributed by atoms with Gasteiger partial charge in [0.05, 0.1) is 4.90 Å². The molecule has 0 aromatic heterocycles. The molecule has 0 amide bonds. The Morgan fingerprint density at radius 3 is 2.79 bits per heavy atom. The van der Waals surface area contributed by atoms with Crippen LogP contribution in [-0.2, 0) is 10.0 Å². The Kier molecular flexibility index (Phi) is 4.23. The molecule has 0 aliphatic carbocycles. The highest BCUT2D eigenvalue weighted by atomic mass is 32.2. The summed E-state index contributed by atoms with van der Waals surface area (Å²) < 4.78 is 40.0. The van der Waals surface area contributed by atoms with Gasteiger partial charge < -0.3 is 5.73 Å². The number of nitrogens with zero attached hydrogens (tertiary/aromatic N) is 1. The summed E-state index contributed by atoms with van der Waals surface area (Å²) in [6.45, 7) is 2.36. The van der Waals surface area contributed by atoms with E-state index in [1.165, 1.54) is 16.4 Å². The van der Waals surface area contributed by atoms with Gasteiger partial charge in [-0.25, -0.2) is 12.8 Å². The first-order chi connectivity index (χ1) is 8.96. The third-order valence-electron chi connectivity index (χ3n) is 3.60. The molecule has 2 N–H and O–H groups in total. The zero-order valence-corrected chi connectivity index (χ0v) is 11.8. The molecule has 19 heavy (non-hydrogen) atoms. The van der Waals surface area contributed by atoms with Crippen molar-refractivity contribution in [2.24, 2.45) is 5.73 Å². The Morgan fingerprint density at radius 1 is 1.42 bits per heavy atom. The van der Waals surface area contributed by atoms with Crippen molar-refractivity contribution in [2.75, 3.05) is 13.1 Å². The standard InChI is InChI=1S/C13H19FN2O2S/c1-10-5-6-12(8-13(10)14)19(17,18)16-7-3-2-4-11(16)9-15/h5-6,8,11H,2-4,7,9,15H2,1H3. The summed E-state index contributed by atoms with van der Waals surface area (Å²) in [6.07, 6.45) is 2.57. The maximum Gasteiger partial charge on any atom is 0.243 e. The van der Waals surface area contributed by atoms with E-state index in [2.05, 4.69) is 0 Å². The van der Waals surface area contributed by atoms with Gasteiger partial charge in [0, 0.05) is 19.1 Å². The van der Waals surface area contributed by atoms with Gasteiger partial charge in [0.15, 0.2) is 0 Å². The SMILES string of the molecule is Cc1ccc(S(=O)(=O)N2CCCCC2CN)cc1F. The van der Waals surface area contributed by atoms with Gasteiger partial charge in [0.25, 0.3) is 0 Å². The van der Waals surface area contributed by atoms with Gasteiger partial charge >= 0.3 is 0 Å². The lowest BCUT2D eigenvalue weighted by Crippen LogP contribution is -2.47. The molecule has 4 nitrogen and oxygen atoms in total. The predicted octanol–water partition coefficient (Wildman–Crippen LogP) is 1.64. The zero-order valence-electron chi connectivity index (χ0n) is 11.0. The third-order valence-corrected chi connectivity index (χ3v) is 5.54. The van der Waals surface area contributed by atoms with Gasteiger partial charge in [-0.2, -0.15) is 4.31 Å². The van der Waals surface area contributed by atoms with E-state index in [9.17, 15) is 12.8 Å². The minimum absolute atomic E-state index is 0.0101. The van der Waals surface area contributed by atoms with E-state index < -0.39 is 15.8 Å². The number of halogens is 1. The van der Waals surface area contributed by atoms with Crippen molar-refractivity contribution >= 4 is 10.0 Å². The minimum Gasteiger partial charge on any atom is -0.329 e. The zero-order chi connectivity index (χ0) is 14.0. The largest absolute Gasteiger partial charge is 0.329 e. The van der Waals surface area contributed by atoms with E-state index in [4.69, 9.17) is 5.73 Å². The second-order valence-electron chi connectivity index (χ2n) is 4.91. The van der Waals surface area contributed by atoms with E-state index in [1.54, 1.807) is 6.92 Å². The molecular formula is C13H19FN2O2S. The van der Waals surface area contributed by atoms with Crippen LogP contribution in [0.15, 0.2) is 23.1 Å². The number of nitrogens with two attached hydrogens (primary N) is 1. The van der Waals surface area contributed by atoms with Crippen molar-refractivity contribution in [2.45, 2.75) is 37.1 Å². The fourth-order valence-corrected chi connectivity index (χ4v) is 4.11. The lowest BCUT2D eigenvalue weighted by molar-refractivity contribution is 0.257. The topological polar surface area (TPSA) is 63.4 Å². The Morgan fingerprint density at radius 2 is 2.16 bits per heavy atom. The summed E-state index contributed by atoms with van der Waals surface area (Å²) in [7, 11) is -3.65. The minimum atomic E-state index is -3.65. The van der Waals surface area contributed by atoms with Crippen LogP contribution in [0.5, 0.6) is 0 Å². The van der Waals surface area contributed by atoms with Crippen LogP contribution < -0.4 is 5.73 Å². The first-order valence-electron chi connectivity index (χ1n) is 6.45. The molecule has 6 heteroatoms. The average Bonchev–Trinajstić information content (AvgIpc) is 2.41. The van der Waals surface area contributed by atoms with Gasteiger partial charge in [-0.3, -0.25) is 0 Å². The van der Waals surface area contributed by atoms with Crippen LogP contribution in [0.4, 0.5) is 4.39 Å². The fraction of sp³-hybridized carbons (Fsp3) is 0.538. The van der Waals surface area contributed by atoms with E-state index in [0.717, 1.165) is 25.3 Å². The van der Waals surface area contributed by atoms with Gasteiger partial charge in [0.1, 0.15) is 5.82 Å². The normalized spacial score (nSPS) is 21.5. The van der Waals surface area contributed by atoms with Gasteiger partial charge in [-0.1, -0.05) is 12.5 Å². The molecule has 1 heterocycles. The number of rotatable bonds is 3. The van der Waals surface area contributed by atoms with Crippen LogP contribution in [0.3, 0.4) is 0 Å². The van der Waals surface area contributed by atoms with Gasteiger partial charge in [-0.05, 0) is 37.5 Å². The van der Waals surface area contributed by atoms with E-state index in [-0.39, 0.29) is 10.9 Å². The van der Waals surface area contributed by atoms with Gasteiger partial charge in [-0.15, -0.1) is 0 Å². The van der Waals surface area contributed by atoms with Crippen LogP contribution in [0.1, 0.15) is 24.8 Å². The molecule has 1 atom stereocenters. The van der Waals surface area contributed by atoms with E-state index >= 15 is 0 Å². The summed E-state index contributed by atoms with van der Waals surface area (Å²) in [6, 6.07) is 3.86. The monoisotopic (exact) mass is 286 g/mol. The van der Waals surface area contributed by atoms with Crippen LogP contribution in [0.2, 0.25) is 0 Å². The van der Waals surface area contributed by atoms with Crippen molar-refractivity contribution in [3.05, 3.63) is 29.6 Å². The Bertz CT molecular complexity index is 560. The summed E-state index contributed by atoms with van der Waals surface area (Å²) in [5, 5.41) is 0. The van der Waals surface area contributed by atoms with Crippen molar-refractivity contribution in [1.29, 1.82) is 0 Å². The molecule has 0 radical (unpaired) electrons. The summed E-state index contributed by atoms with van der Waals surface area (Å²) in [4.78, 5) is 0.0101. The van der Waals surface area contributed by atoms with E-state index in [1.807, 2.05) is 0 Å². The molecule has 0 bridgehead atoms. The predicted molar refractivity (Wildman–Crippen MR) is 71.7 cm³/mol. The summed E-state index contributed by atoms with van der Waals surface area (Å²) >= 11 is 0. The molecule has 0 saturated carbocycles. The quantitative estimate of drug-likeness (QED) is 0.918. The van der Waals surface area contributed by atoms with Crippen LogP contribution >= 0.6 is 0 Å². The Balaban J connectivity index is 2.37. The lowest BCUT2D eigenvalue weighted by Gasteiger charge is -2.33. The molecule has 1 fully saturated rings. The second kappa shape index (κ2) is 5.56. The number of sulfonamides is 1. The van der Waals surface area contributed by atoms with Crippen molar-refractivity contribution in [1.82, 2.24) is 4.31 Å². The maximum absolute atomic E-state index is 13.5. The lowest BCUT2D eigenvalue weighted by atomic mass is 10.1. The van der Waals surface area contributed by atoms with Crippen molar-refractivity contribution in [3.8, 4) is 0 Å². The first kappa shape index (κ1) is 14.4. The molecule has 2 rings (SSSR count). The Hall–Kier alpha value is -0.980. The highest BCUT2D eigenvalue weighted by Gasteiger charge is 2.32. The summed E-state index contributed by atoms with van der Waals surface area (Å²) in [5.74, 6) is -0.498. The van der Waals surface area contributed by atoms with Gasteiger partial charge in [0.2, 0.25) is 10.0 Å². The summed E-state index contributed by atoms with van der Waals surface area (Å²) in [5.41, 5.74) is 6.08. The first-order valence-corrected chi connectivity index (χ1v) is 7.89. The third kappa shape index (κ3) is 2.80. The van der Waals surface area contributed by atoms with Crippen molar-refractivity contribution < 1.29 is 12.8 Å².